The van der Waals surface area contributed by atoms with Crippen LogP contribution in [0.5, 0.6) is 5.75 Å². The fraction of sp³-hybridized carbons (Fsp3) is 0.280. The van der Waals surface area contributed by atoms with E-state index < -0.39 is 6.10 Å². The zero-order valence-electron chi connectivity index (χ0n) is 16.7. The van der Waals surface area contributed by atoms with Crippen LogP contribution < -0.4 is 9.64 Å². The van der Waals surface area contributed by atoms with Crippen LogP contribution in [0.2, 0.25) is 0 Å². The van der Waals surface area contributed by atoms with Crippen molar-refractivity contribution in [1.29, 1.82) is 0 Å². The van der Waals surface area contributed by atoms with Crippen LogP contribution >= 0.6 is 0 Å². The van der Waals surface area contributed by atoms with Crippen LogP contribution in [0.25, 0.3) is 11.1 Å². The second-order valence-electron chi connectivity index (χ2n) is 7.48. The van der Waals surface area contributed by atoms with E-state index in [0.29, 0.717) is 13.2 Å². The van der Waals surface area contributed by atoms with Crippen molar-refractivity contribution in [2.75, 3.05) is 44.2 Å². The van der Waals surface area contributed by atoms with Crippen LogP contribution in [-0.4, -0.2) is 55.4 Å². The Labute approximate surface area is 173 Å². The summed E-state index contributed by atoms with van der Waals surface area (Å²) in [7, 11) is 0. The minimum atomic E-state index is -0.493. The van der Waals surface area contributed by atoms with E-state index >= 15 is 0 Å². The van der Waals surface area contributed by atoms with Gasteiger partial charge in [0.05, 0.1) is 0 Å². The Morgan fingerprint density at radius 3 is 1.97 bits per heavy atom. The van der Waals surface area contributed by atoms with E-state index in [0.717, 1.165) is 37.5 Å². The van der Waals surface area contributed by atoms with Crippen LogP contribution in [0.1, 0.15) is 0 Å². The summed E-state index contributed by atoms with van der Waals surface area (Å²) in [5.41, 5.74) is 3.62. The lowest BCUT2D eigenvalue weighted by molar-refractivity contribution is 0.0663. The molecule has 0 aliphatic carbocycles. The molecule has 4 rings (SSSR count). The second kappa shape index (κ2) is 9.59. The van der Waals surface area contributed by atoms with Crippen LogP contribution in [-0.2, 0) is 0 Å². The predicted molar refractivity (Wildman–Crippen MR) is 118 cm³/mol. The third-order valence-electron chi connectivity index (χ3n) is 5.37. The third-order valence-corrected chi connectivity index (χ3v) is 5.37. The molecule has 0 aromatic heterocycles. The number of anilines is 1. The van der Waals surface area contributed by atoms with E-state index in [1.54, 1.807) is 0 Å². The highest BCUT2D eigenvalue weighted by molar-refractivity contribution is 5.63. The Morgan fingerprint density at radius 2 is 1.31 bits per heavy atom. The topological polar surface area (TPSA) is 35.9 Å². The molecule has 1 fully saturated rings. The van der Waals surface area contributed by atoms with Gasteiger partial charge in [0.25, 0.3) is 0 Å². The van der Waals surface area contributed by atoms with Crippen molar-refractivity contribution in [3.8, 4) is 16.9 Å². The largest absolute Gasteiger partial charge is 0.491 e. The van der Waals surface area contributed by atoms with Crippen molar-refractivity contribution in [1.82, 2.24) is 4.90 Å². The number of para-hydroxylation sites is 1. The van der Waals surface area contributed by atoms with Crippen LogP contribution in [0.4, 0.5) is 5.69 Å². The van der Waals surface area contributed by atoms with Gasteiger partial charge in [-0.1, -0.05) is 60.7 Å². The number of aliphatic hydroxyl groups is 1. The first-order chi connectivity index (χ1) is 14.3. The summed E-state index contributed by atoms with van der Waals surface area (Å²) in [6, 6.07) is 28.8. The molecule has 3 aromatic rings. The third kappa shape index (κ3) is 5.37. The van der Waals surface area contributed by atoms with Crippen molar-refractivity contribution >= 4 is 5.69 Å². The Kier molecular flexibility index (Phi) is 6.45. The Morgan fingerprint density at radius 1 is 0.724 bits per heavy atom. The zero-order valence-corrected chi connectivity index (χ0v) is 16.7. The van der Waals surface area contributed by atoms with Gasteiger partial charge in [0.2, 0.25) is 0 Å². The molecular weight excluding hydrogens is 360 g/mol. The van der Waals surface area contributed by atoms with Crippen molar-refractivity contribution in [3.05, 3.63) is 84.9 Å². The fourth-order valence-electron chi connectivity index (χ4n) is 3.74. The number of aliphatic hydroxyl groups excluding tert-OH is 1. The molecule has 0 amide bonds. The molecule has 1 atom stereocenters. The lowest BCUT2D eigenvalue weighted by atomic mass is 10.1. The van der Waals surface area contributed by atoms with Gasteiger partial charge in [-0.15, -0.1) is 0 Å². The average Bonchev–Trinajstić information content (AvgIpc) is 2.80. The first-order valence-corrected chi connectivity index (χ1v) is 10.3. The maximum absolute atomic E-state index is 10.4. The molecule has 4 heteroatoms. The number of nitrogens with zero attached hydrogens (tertiary/aromatic N) is 2. The molecule has 150 valence electrons. The van der Waals surface area contributed by atoms with E-state index in [1.807, 2.05) is 36.4 Å². The van der Waals surface area contributed by atoms with E-state index in [4.69, 9.17) is 4.74 Å². The number of piperazine rings is 1. The van der Waals surface area contributed by atoms with Crippen LogP contribution in [0.15, 0.2) is 84.9 Å². The van der Waals surface area contributed by atoms with Gasteiger partial charge in [0.15, 0.2) is 0 Å². The van der Waals surface area contributed by atoms with E-state index in [2.05, 4.69) is 58.3 Å². The quantitative estimate of drug-likeness (QED) is 0.666. The van der Waals surface area contributed by atoms with Gasteiger partial charge in [-0.05, 0) is 35.4 Å². The molecule has 4 nitrogen and oxygen atoms in total. The van der Waals surface area contributed by atoms with Gasteiger partial charge in [-0.25, -0.2) is 0 Å². The van der Waals surface area contributed by atoms with Gasteiger partial charge in [0.1, 0.15) is 18.5 Å². The summed E-state index contributed by atoms with van der Waals surface area (Å²) >= 11 is 0. The number of ether oxygens (including phenoxy) is 1. The van der Waals surface area contributed by atoms with E-state index in [1.165, 1.54) is 11.3 Å². The Hall–Kier alpha value is -2.82. The predicted octanol–water partition coefficient (Wildman–Crippen LogP) is 3.92. The molecule has 1 heterocycles. The minimum absolute atomic E-state index is 0.309. The molecule has 1 aliphatic rings. The normalized spacial score (nSPS) is 15.8. The summed E-state index contributed by atoms with van der Waals surface area (Å²) in [4.78, 5) is 4.71. The smallest absolute Gasteiger partial charge is 0.119 e. The van der Waals surface area contributed by atoms with Gasteiger partial charge in [-0.2, -0.15) is 0 Å². The molecular formula is C25H28N2O2. The fourth-order valence-corrected chi connectivity index (χ4v) is 3.74. The maximum atomic E-state index is 10.4. The summed E-state index contributed by atoms with van der Waals surface area (Å²) in [6.07, 6.45) is -0.493. The molecule has 0 bridgehead atoms. The summed E-state index contributed by atoms with van der Waals surface area (Å²) < 4.78 is 5.80. The highest BCUT2D eigenvalue weighted by Gasteiger charge is 2.19. The van der Waals surface area contributed by atoms with Crippen LogP contribution in [0.3, 0.4) is 0 Å². The van der Waals surface area contributed by atoms with Crippen molar-refractivity contribution in [3.63, 3.8) is 0 Å². The molecule has 1 N–H and O–H groups in total. The average molecular weight is 389 g/mol. The minimum Gasteiger partial charge on any atom is -0.491 e. The molecule has 0 spiro atoms. The van der Waals surface area contributed by atoms with Gasteiger partial charge < -0.3 is 14.7 Å². The van der Waals surface area contributed by atoms with Gasteiger partial charge >= 0.3 is 0 Å². The standard InChI is InChI=1S/C25H28N2O2/c28-24(19-26-15-17-27(18-16-26)23-9-5-2-6-10-23)20-29-25-13-11-22(12-14-25)21-7-3-1-4-8-21/h1-14,24,28H,15-20H2/t24-/m0/s1. The first-order valence-electron chi connectivity index (χ1n) is 10.3. The van der Waals surface area contributed by atoms with E-state index in [9.17, 15) is 5.11 Å². The molecule has 3 aromatic carbocycles. The van der Waals surface area contributed by atoms with Gasteiger partial charge in [0, 0.05) is 38.4 Å². The lowest BCUT2D eigenvalue weighted by Crippen LogP contribution is -2.49. The number of benzene rings is 3. The number of hydrogen-bond acceptors (Lipinski definition) is 4. The molecule has 0 radical (unpaired) electrons. The lowest BCUT2D eigenvalue weighted by Gasteiger charge is -2.36. The number of β-amino-alcohol motifs (C(OH)–C–C–N with tert-alkyl or cyclic N) is 1. The van der Waals surface area contributed by atoms with Crippen LogP contribution in [0, 0.1) is 0 Å². The van der Waals surface area contributed by atoms with Gasteiger partial charge in [-0.3, -0.25) is 4.90 Å². The van der Waals surface area contributed by atoms with Crippen molar-refractivity contribution in [2.45, 2.75) is 6.10 Å². The Balaban J connectivity index is 1.21. The summed E-state index contributed by atoms with van der Waals surface area (Å²) in [6.45, 7) is 4.83. The molecule has 0 unspecified atom stereocenters. The monoisotopic (exact) mass is 388 g/mol. The summed E-state index contributed by atoms with van der Waals surface area (Å²) in [5.74, 6) is 0.789. The Bertz CT molecular complexity index is 860. The van der Waals surface area contributed by atoms with Crippen molar-refractivity contribution < 1.29 is 9.84 Å². The maximum Gasteiger partial charge on any atom is 0.119 e. The molecule has 1 saturated heterocycles. The molecule has 29 heavy (non-hydrogen) atoms. The highest BCUT2D eigenvalue weighted by Crippen LogP contribution is 2.22. The molecule has 0 saturated carbocycles. The second-order valence-corrected chi connectivity index (χ2v) is 7.48. The van der Waals surface area contributed by atoms with E-state index in [-0.39, 0.29) is 0 Å². The highest BCUT2D eigenvalue weighted by atomic mass is 16.5. The zero-order chi connectivity index (χ0) is 19.9. The number of rotatable bonds is 7. The summed E-state index contributed by atoms with van der Waals surface area (Å²) in [5, 5.41) is 10.4. The molecule has 1 aliphatic heterocycles. The van der Waals surface area contributed by atoms with Crippen molar-refractivity contribution in [2.24, 2.45) is 0 Å². The number of hydrogen-bond donors (Lipinski definition) is 1. The first kappa shape index (κ1) is 19.5. The SMILES string of the molecule is O[C@H](COc1ccc(-c2ccccc2)cc1)CN1CCN(c2ccccc2)CC1.